The summed E-state index contributed by atoms with van der Waals surface area (Å²) in [6.45, 7) is 4.75. The molecule has 5 nitrogen and oxygen atoms in total. The van der Waals surface area contributed by atoms with Gasteiger partial charge in [0.05, 0.1) is 11.0 Å². The first kappa shape index (κ1) is 31.9. The minimum absolute atomic E-state index is 0.179. The molecule has 0 radical (unpaired) electrons. The van der Waals surface area contributed by atoms with Crippen molar-refractivity contribution in [2.45, 2.75) is 19.3 Å². The number of rotatable bonds is 4. The zero-order chi connectivity index (χ0) is 37.8. The zero-order valence-corrected chi connectivity index (χ0v) is 31.4. The van der Waals surface area contributed by atoms with Crippen LogP contribution in [0.2, 0.25) is 0 Å². The predicted molar refractivity (Wildman–Crippen MR) is 233 cm³/mol. The Balaban J connectivity index is 1.07. The summed E-state index contributed by atoms with van der Waals surface area (Å²) in [6, 6.07) is 60.0. The largest absolute Gasteiger partial charge is 0.456 e. The number of hydrogen-bond donors (Lipinski definition) is 0. The molecule has 8 aromatic carbocycles. The molecule has 0 unspecified atom stereocenters. The van der Waals surface area contributed by atoms with Gasteiger partial charge in [-0.1, -0.05) is 141 Å². The maximum Gasteiger partial charge on any atom is 0.164 e. The van der Waals surface area contributed by atoms with Crippen LogP contribution < -0.4 is 0 Å². The summed E-state index contributed by atoms with van der Waals surface area (Å²) >= 11 is 0. The van der Waals surface area contributed by atoms with Crippen LogP contribution >= 0.6 is 0 Å². The van der Waals surface area contributed by atoms with E-state index in [1.165, 1.54) is 49.3 Å². The summed E-state index contributed by atoms with van der Waals surface area (Å²) in [5, 5.41) is 7.09. The van der Waals surface area contributed by atoms with Crippen LogP contribution in [-0.2, 0) is 5.41 Å². The lowest BCUT2D eigenvalue weighted by molar-refractivity contribution is 0.667. The summed E-state index contributed by atoms with van der Waals surface area (Å²) in [4.78, 5) is 15.5. The van der Waals surface area contributed by atoms with Crippen LogP contribution in [0.5, 0.6) is 0 Å². The summed E-state index contributed by atoms with van der Waals surface area (Å²) in [7, 11) is 0. The van der Waals surface area contributed by atoms with Gasteiger partial charge < -0.3 is 8.98 Å². The lowest BCUT2D eigenvalue weighted by atomic mass is 9.80. The minimum atomic E-state index is -0.179. The third-order valence-corrected chi connectivity index (χ3v) is 12.0. The predicted octanol–water partition coefficient (Wildman–Crippen LogP) is 13.3. The quantitative estimate of drug-likeness (QED) is 0.181. The van der Waals surface area contributed by atoms with E-state index in [2.05, 4.69) is 128 Å². The Morgan fingerprint density at radius 2 is 1.14 bits per heavy atom. The van der Waals surface area contributed by atoms with Gasteiger partial charge in [0, 0.05) is 49.3 Å². The van der Waals surface area contributed by atoms with Gasteiger partial charge in [0.25, 0.3) is 0 Å². The molecule has 0 fully saturated rings. The van der Waals surface area contributed by atoms with Crippen molar-refractivity contribution >= 4 is 54.5 Å². The normalized spacial score (nSPS) is 13.2. The van der Waals surface area contributed by atoms with Gasteiger partial charge in [-0.15, -0.1) is 0 Å². The highest BCUT2D eigenvalue weighted by molar-refractivity contribution is 6.13. The second-order valence-electron chi connectivity index (χ2n) is 15.6. The monoisotopic (exact) mass is 730 g/mol. The van der Waals surface area contributed by atoms with Gasteiger partial charge in [0.1, 0.15) is 11.2 Å². The van der Waals surface area contributed by atoms with E-state index in [0.717, 1.165) is 49.8 Å². The Bertz CT molecular complexity index is 3450. The van der Waals surface area contributed by atoms with E-state index < -0.39 is 0 Å². The number of hydrogen-bond acceptors (Lipinski definition) is 4. The molecule has 12 rings (SSSR count). The summed E-state index contributed by atoms with van der Waals surface area (Å²) in [6.07, 6.45) is 0. The van der Waals surface area contributed by atoms with Crippen molar-refractivity contribution in [3.63, 3.8) is 0 Å². The van der Waals surface area contributed by atoms with Crippen LogP contribution in [0.15, 0.2) is 174 Å². The van der Waals surface area contributed by atoms with E-state index in [1.807, 2.05) is 60.7 Å². The number of furan rings is 1. The molecule has 57 heavy (non-hydrogen) atoms. The molecule has 0 atom stereocenters. The fourth-order valence-electron chi connectivity index (χ4n) is 9.42. The van der Waals surface area contributed by atoms with Gasteiger partial charge in [-0.2, -0.15) is 0 Å². The average Bonchev–Trinajstić information content (AvgIpc) is 3.88. The van der Waals surface area contributed by atoms with Crippen LogP contribution in [-0.4, -0.2) is 19.5 Å². The van der Waals surface area contributed by atoms with E-state index in [9.17, 15) is 0 Å². The fourth-order valence-corrected chi connectivity index (χ4v) is 9.42. The first-order valence-corrected chi connectivity index (χ1v) is 19.4. The van der Waals surface area contributed by atoms with Gasteiger partial charge in [-0.25, -0.2) is 15.0 Å². The molecule has 11 aromatic rings. The average molecular weight is 731 g/mol. The van der Waals surface area contributed by atoms with Crippen molar-refractivity contribution in [3.05, 3.63) is 181 Å². The van der Waals surface area contributed by atoms with Crippen molar-refractivity contribution in [2.24, 2.45) is 0 Å². The molecule has 268 valence electrons. The SMILES string of the molecule is CC1(C)c2cc3c(cc2-c2ccc4ccccc4c21)c1ccccc1n3-c1cccc(-c2nc(-c3ccccc3)nc(-c3cccc4oc5ccccc5c34)n2)c1. The van der Waals surface area contributed by atoms with E-state index in [0.29, 0.717) is 17.5 Å². The molecule has 0 spiro atoms. The number of aromatic nitrogens is 4. The fraction of sp³-hybridized carbons (Fsp3) is 0.0577. The van der Waals surface area contributed by atoms with Crippen LogP contribution in [0.4, 0.5) is 0 Å². The van der Waals surface area contributed by atoms with Crippen LogP contribution in [0.1, 0.15) is 25.0 Å². The molecule has 0 bridgehead atoms. The lowest BCUT2D eigenvalue weighted by Crippen LogP contribution is -2.15. The number of para-hydroxylation sites is 2. The van der Waals surface area contributed by atoms with E-state index in [4.69, 9.17) is 19.4 Å². The third-order valence-electron chi connectivity index (χ3n) is 12.0. The molecule has 1 aliphatic carbocycles. The molecule has 5 heteroatoms. The Morgan fingerprint density at radius 1 is 0.456 bits per heavy atom. The van der Waals surface area contributed by atoms with Gasteiger partial charge in [0.15, 0.2) is 17.5 Å². The Labute approximate surface area is 328 Å². The van der Waals surface area contributed by atoms with Crippen LogP contribution in [0.25, 0.3) is 105 Å². The Kier molecular flexibility index (Phi) is 6.62. The van der Waals surface area contributed by atoms with Crippen molar-refractivity contribution < 1.29 is 4.42 Å². The minimum Gasteiger partial charge on any atom is -0.456 e. The molecule has 1 aliphatic rings. The standard InChI is InChI=1S/C52H34N4O/c1-52(2)42-30-44-41(29-40(42)37-27-26-31-14-6-7-19-35(31)48(37)52)36-20-8-10-23-43(36)56(44)34-18-12-17-33(28-34)50-53-49(32-15-4-3-5-16-32)54-51(55-50)39-22-13-25-46-47(39)38-21-9-11-24-45(38)57-46/h3-30H,1-2H3. The first-order chi connectivity index (χ1) is 28.0. The molecule has 0 aliphatic heterocycles. The maximum atomic E-state index is 6.28. The van der Waals surface area contributed by atoms with E-state index in [1.54, 1.807) is 0 Å². The second kappa shape index (κ2) is 11.8. The summed E-state index contributed by atoms with van der Waals surface area (Å²) in [5.41, 5.74) is 13.0. The van der Waals surface area contributed by atoms with Gasteiger partial charge in [0.2, 0.25) is 0 Å². The second-order valence-corrected chi connectivity index (χ2v) is 15.6. The molecule has 0 N–H and O–H groups in total. The van der Waals surface area contributed by atoms with Crippen LogP contribution in [0, 0.1) is 0 Å². The van der Waals surface area contributed by atoms with E-state index >= 15 is 0 Å². The smallest absolute Gasteiger partial charge is 0.164 e. The lowest BCUT2D eigenvalue weighted by Gasteiger charge is -2.23. The van der Waals surface area contributed by atoms with E-state index in [-0.39, 0.29) is 5.41 Å². The van der Waals surface area contributed by atoms with Gasteiger partial charge >= 0.3 is 0 Å². The van der Waals surface area contributed by atoms with Crippen molar-refractivity contribution in [3.8, 4) is 51.0 Å². The first-order valence-electron chi connectivity index (χ1n) is 19.4. The Morgan fingerprint density at radius 3 is 2.02 bits per heavy atom. The molecule has 0 saturated carbocycles. The Hall–Kier alpha value is -7.37. The highest BCUT2D eigenvalue weighted by Gasteiger charge is 2.37. The number of nitrogens with zero attached hydrogens (tertiary/aromatic N) is 4. The highest BCUT2D eigenvalue weighted by Crippen LogP contribution is 2.53. The molecule has 3 heterocycles. The molecule has 0 saturated heterocycles. The van der Waals surface area contributed by atoms with Crippen LogP contribution in [0.3, 0.4) is 0 Å². The highest BCUT2D eigenvalue weighted by atomic mass is 16.3. The molecule has 3 aromatic heterocycles. The maximum absolute atomic E-state index is 6.28. The zero-order valence-electron chi connectivity index (χ0n) is 31.4. The number of benzene rings is 8. The molecule has 0 amide bonds. The third kappa shape index (κ3) is 4.66. The molecular formula is C52H34N4O. The molecular weight excluding hydrogens is 697 g/mol. The summed E-state index contributed by atoms with van der Waals surface area (Å²) in [5.74, 6) is 1.83. The van der Waals surface area contributed by atoms with Crippen molar-refractivity contribution in [1.29, 1.82) is 0 Å². The van der Waals surface area contributed by atoms with Gasteiger partial charge in [-0.05, 0) is 75.5 Å². The van der Waals surface area contributed by atoms with Crippen molar-refractivity contribution in [2.75, 3.05) is 0 Å². The van der Waals surface area contributed by atoms with Crippen molar-refractivity contribution in [1.82, 2.24) is 19.5 Å². The number of fused-ring (bicyclic) bond motifs is 11. The summed E-state index contributed by atoms with van der Waals surface area (Å²) < 4.78 is 8.68. The van der Waals surface area contributed by atoms with Gasteiger partial charge in [-0.3, -0.25) is 0 Å². The topological polar surface area (TPSA) is 56.7 Å².